The monoisotopic (exact) mass is 156 g/mol. The quantitative estimate of drug-likeness (QED) is 0.547. The van der Waals surface area contributed by atoms with Gasteiger partial charge in [0.15, 0.2) is 0 Å². The van der Waals surface area contributed by atoms with Gasteiger partial charge in [0.05, 0.1) is 12.2 Å². The molecule has 2 bridgehead atoms. The van der Waals surface area contributed by atoms with Gasteiger partial charge in [0.25, 0.3) is 0 Å². The highest BCUT2D eigenvalue weighted by molar-refractivity contribution is 4.88. The second-order valence-electron chi connectivity index (χ2n) is 4.05. The molecule has 2 aliphatic carbocycles. The normalized spacial score (nSPS) is 50.7. The Morgan fingerprint density at radius 3 is 1.64 bits per heavy atom. The van der Waals surface area contributed by atoms with E-state index in [1.54, 1.807) is 0 Å². The average molecular weight is 156 g/mol. The van der Waals surface area contributed by atoms with Crippen LogP contribution in [-0.4, -0.2) is 22.4 Å². The zero-order valence-corrected chi connectivity index (χ0v) is 6.74. The predicted octanol–water partition coefficient (Wildman–Crippen LogP) is 0.918. The molecule has 2 N–H and O–H groups in total. The highest BCUT2D eigenvalue weighted by Crippen LogP contribution is 2.39. The van der Waals surface area contributed by atoms with Crippen molar-refractivity contribution >= 4 is 0 Å². The molecule has 0 aromatic rings. The summed E-state index contributed by atoms with van der Waals surface area (Å²) in [5, 5.41) is 19.1. The number of hydrogen-bond donors (Lipinski definition) is 2. The molecule has 2 aliphatic rings. The third-order valence-corrected chi connectivity index (χ3v) is 3.36. The first-order valence-corrected chi connectivity index (χ1v) is 4.63. The van der Waals surface area contributed by atoms with Crippen molar-refractivity contribution in [1.29, 1.82) is 0 Å². The highest BCUT2D eigenvalue weighted by atomic mass is 16.3. The van der Waals surface area contributed by atoms with E-state index in [9.17, 15) is 10.2 Å². The van der Waals surface area contributed by atoms with Crippen molar-refractivity contribution in [3.05, 3.63) is 0 Å². The zero-order valence-electron chi connectivity index (χ0n) is 6.74. The topological polar surface area (TPSA) is 40.5 Å². The van der Waals surface area contributed by atoms with E-state index in [0.717, 1.165) is 32.1 Å². The summed E-state index contributed by atoms with van der Waals surface area (Å²) in [6.07, 6.45) is 4.79. The summed E-state index contributed by atoms with van der Waals surface area (Å²) in [4.78, 5) is 0. The first-order valence-electron chi connectivity index (χ1n) is 4.63. The van der Waals surface area contributed by atoms with Crippen LogP contribution in [0, 0.1) is 11.8 Å². The molecule has 2 rings (SSSR count). The molecule has 0 radical (unpaired) electrons. The molecule has 0 spiro atoms. The fourth-order valence-corrected chi connectivity index (χ4v) is 2.56. The summed E-state index contributed by atoms with van der Waals surface area (Å²) in [5.74, 6) is 0.995. The molecular weight excluding hydrogens is 140 g/mol. The van der Waals surface area contributed by atoms with E-state index in [0.29, 0.717) is 11.8 Å². The smallest absolute Gasteiger partial charge is 0.0568 e. The molecule has 2 fully saturated rings. The summed E-state index contributed by atoms with van der Waals surface area (Å²) in [6, 6.07) is 0. The van der Waals surface area contributed by atoms with Crippen molar-refractivity contribution in [3.8, 4) is 0 Å². The van der Waals surface area contributed by atoms with Crippen LogP contribution in [0.2, 0.25) is 0 Å². The Morgan fingerprint density at radius 1 is 0.727 bits per heavy atom. The number of aliphatic hydroxyl groups is 2. The van der Waals surface area contributed by atoms with Gasteiger partial charge in [-0.05, 0) is 43.9 Å². The van der Waals surface area contributed by atoms with Crippen LogP contribution >= 0.6 is 0 Å². The Bertz CT molecular complexity index is 130. The molecular formula is C9H16O2. The molecule has 4 atom stereocenters. The average Bonchev–Trinajstić information content (AvgIpc) is 2.02. The lowest BCUT2D eigenvalue weighted by molar-refractivity contribution is -0.0381. The first kappa shape index (κ1) is 7.56. The third kappa shape index (κ3) is 1.30. The predicted molar refractivity (Wildman–Crippen MR) is 42.1 cm³/mol. The van der Waals surface area contributed by atoms with Crippen LogP contribution in [0.4, 0.5) is 0 Å². The van der Waals surface area contributed by atoms with Gasteiger partial charge in [-0.15, -0.1) is 0 Å². The minimum atomic E-state index is -0.0706. The Morgan fingerprint density at radius 2 is 1.18 bits per heavy atom. The van der Waals surface area contributed by atoms with Gasteiger partial charge in [-0.1, -0.05) is 0 Å². The third-order valence-electron chi connectivity index (χ3n) is 3.36. The van der Waals surface area contributed by atoms with Crippen molar-refractivity contribution in [2.75, 3.05) is 0 Å². The van der Waals surface area contributed by atoms with Crippen LogP contribution < -0.4 is 0 Å². The lowest BCUT2D eigenvalue weighted by atomic mass is 9.69. The van der Waals surface area contributed by atoms with Gasteiger partial charge in [0.2, 0.25) is 0 Å². The maximum atomic E-state index is 9.53. The summed E-state index contributed by atoms with van der Waals surface area (Å²) < 4.78 is 0. The first-order chi connectivity index (χ1) is 5.27. The summed E-state index contributed by atoms with van der Waals surface area (Å²) in [7, 11) is 0. The standard InChI is InChI=1S/C9H16O2/c10-8-3-1-6-5-7(8)2-4-9(6)11/h6-11H,1-5H2/t6-,7-,8+,9?/m1/s1. The van der Waals surface area contributed by atoms with Gasteiger partial charge in [-0.25, -0.2) is 0 Å². The zero-order chi connectivity index (χ0) is 7.84. The molecule has 0 saturated heterocycles. The summed E-state index contributed by atoms with van der Waals surface area (Å²) >= 11 is 0. The van der Waals surface area contributed by atoms with Crippen molar-refractivity contribution in [2.24, 2.45) is 11.8 Å². The van der Waals surface area contributed by atoms with Crippen LogP contribution in [0.1, 0.15) is 32.1 Å². The van der Waals surface area contributed by atoms with Gasteiger partial charge in [-0.3, -0.25) is 0 Å². The minimum Gasteiger partial charge on any atom is -0.393 e. The molecule has 0 aromatic heterocycles. The fourth-order valence-electron chi connectivity index (χ4n) is 2.56. The fraction of sp³-hybridized carbons (Fsp3) is 1.00. The van der Waals surface area contributed by atoms with Crippen molar-refractivity contribution in [3.63, 3.8) is 0 Å². The molecule has 64 valence electrons. The van der Waals surface area contributed by atoms with Gasteiger partial charge in [-0.2, -0.15) is 0 Å². The molecule has 2 nitrogen and oxygen atoms in total. The maximum absolute atomic E-state index is 9.53. The number of fused-ring (bicyclic) bond motifs is 2. The number of aliphatic hydroxyl groups excluding tert-OH is 2. The SMILES string of the molecule is OC1CC[C@@H]2C[C@H]1CC[C@@H]2O. The van der Waals surface area contributed by atoms with Gasteiger partial charge in [0.1, 0.15) is 0 Å². The second-order valence-corrected chi connectivity index (χ2v) is 4.05. The number of hydrogen-bond acceptors (Lipinski definition) is 2. The van der Waals surface area contributed by atoms with Crippen molar-refractivity contribution in [2.45, 2.75) is 44.3 Å². The van der Waals surface area contributed by atoms with E-state index in [4.69, 9.17) is 0 Å². The van der Waals surface area contributed by atoms with E-state index in [1.165, 1.54) is 0 Å². The van der Waals surface area contributed by atoms with Crippen LogP contribution in [0.15, 0.2) is 0 Å². The molecule has 0 amide bonds. The maximum Gasteiger partial charge on any atom is 0.0568 e. The molecule has 2 saturated carbocycles. The molecule has 2 heteroatoms. The second kappa shape index (κ2) is 2.76. The van der Waals surface area contributed by atoms with Crippen molar-refractivity contribution in [1.82, 2.24) is 0 Å². The lowest BCUT2D eigenvalue weighted by Gasteiger charge is -2.40. The van der Waals surface area contributed by atoms with E-state index in [-0.39, 0.29) is 12.2 Å². The molecule has 0 heterocycles. The molecule has 0 aromatic carbocycles. The van der Waals surface area contributed by atoms with Gasteiger partial charge < -0.3 is 10.2 Å². The van der Waals surface area contributed by atoms with Crippen LogP contribution in [-0.2, 0) is 0 Å². The molecule has 0 aliphatic heterocycles. The van der Waals surface area contributed by atoms with E-state index < -0.39 is 0 Å². The van der Waals surface area contributed by atoms with Gasteiger partial charge in [0, 0.05) is 0 Å². The highest BCUT2D eigenvalue weighted by Gasteiger charge is 2.36. The summed E-state index contributed by atoms with van der Waals surface area (Å²) in [6.45, 7) is 0. The Hall–Kier alpha value is -0.0800. The Labute approximate surface area is 67.2 Å². The number of rotatable bonds is 0. The van der Waals surface area contributed by atoms with E-state index in [1.807, 2.05) is 0 Å². The molecule has 1 unspecified atom stereocenters. The Balaban J connectivity index is 2.02. The minimum absolute atomic E-state index is 0.0706. The van der Waals surface area contributed by atoms with Gasteiger partial charge >= 0.3 is 0 Å². The van der Waals surface area contributed by atoms with Crippen LogP contribution in [0.5, 0.6) is 0 Å². The van der Waals surface area contributed by atoms with E-state index in [2.05, 4.69) is 0 Å². The Kier molecular flexibility index (Phi) is 1.90. The molecule has 11 heavy (non-hydrogen) atoms. The lowest BCUT2D eigenvalue weighted by Crippen LogP contribution is -2.39. The van der Waals surface area contributed by atoms with Crippen molar-refractivity contribution < 1.29 is 10.2 Å². The van der Waals surface area contributed by atoms with E-state index >= 15 is 0 Å². The summed E-state index contributed by atoms with van der Waals surface area (Å²) in [5.41, 5.74) is 0. The largest absolute Gasteiger partial charge is 0.393 e. The van der Waals surface area contributed by atoms with Crippen LogP contribution in [0.3, 0.4) is 0 Å². The van der Waals surface area contributed by atoms with Crippen LogP contribution in [0.25, 0.3) is 0 Å².